The smallest absolute Gasteiger partial charge is 0.227 e. The average Bonchev–Trinajstić information content (AvgIpc) is 3.15. The summed E-state index contributed by atoms with van der Waals surface area (Å²) in [4.78, 5) is 16.6. The molecule has 2 atom stereocenters. The first-order valence-electron chi connectivity index (χ1n) is 7.93. The largest absolute Gasteiger partial charge is 0.326 e. The third kappa shape index (κ3) is 3.13. The molecule has 1 aliphatic carbocycles. The summed E-state index contributed by atoms with van der Waals surface area (Å²) < 4.78 is 1.23. The van der Waals surface area contributed by atoms with Crippen LogP contribution in [0.4, 0.5) is 5.69 Å². The Balaban J connectivity index is 1.44. The molecule has 23 heavy (non-hydrogen) atoms. The quantitative estimate of drug-likeness (QED) is 0.769. The molecule has 1 saturated carbocycles. The number of benzene rings is 2. The number of anilines is 1. The van der Waals surface area contributed by atoms with Gasteiger partial charge in [0.15, 0.2) is 0 Å². The fourth-order valence-electron chi connectivity index (χ4n) is 2.80. The predicted molar refractivity (Wildman–Crippen MR) is 94.8 cm³/mol. The molecular weight excluding hydrogens is 304 g/mol. The van der Waals surface area contributed by atoms with Crippen molar-refractivity contribution in [2.45, 2.75) is 19.8 Å². The van der Waals surface area contributed by atoms with E-state index in [1.54, 1.807) is 11.3 Å². The van der Waals surface area contributed by atoms with Crippen LogP contribution >= 0.6 is 11.3 Å². The third-order valence-electron chi connectivity index (χ3n) is 4.36. The van der Waals surface area contributed by atoms with Crippen LogP contribution in [0.1, 0.15) is 23.9 Å². The number of carbonyl (C=O) groups excluding carboxylic acids is 1. The van der Waals surface area contributed by atoms with E-state index in [1.807, 2.05) is 30.3 Å². The lowest BCUT2D eigenvalue weighted by Crippen LogP contribution is -2.14. The highest BCUT2D eigenvalue weighted by atomic mass is 32.1. The highest BCUT2D eigenvalue weighted by Gasteiger charge is 2.38. The number of fused-ring (bicyclic) bond motifs is 1. The molecule has 3 nitrogen and oxygen atoms in total. The fraction of sp³-hybridized carbons (Fsp3) is 0.263. The summed E-state index contributed by atoms with van der Waals surface area (Å²) in [5.74, 6) is 0.891. The first kappa shape index (κ1) is 14.4. The minimum atomic E-state index is 0.149. The molecule has 4 rings (SSSR count). The van der Waals surface area contributed by atoms with Crippen LogP contribution in [0.5, 0.6) is 0 Å². The Morgan fingerprint density at radius 2 is 1.96 bits per heavy atom. The number of rotatable bonds is 4. The molecule has 1 amide bonds. The Morgan fingerprint density at radius 3 is 2.65 bits per heavy atom. The molecule has 0 spiro atoms. The van der Waals surface area contributed by atoms with Crippen LogP contribution in [-0.4, -0.2) is 10.9 Å². The number of nitrogens with one attached hydrogen (secondary N) is 1. The highest BCUT2D eigenvalue weighted by Crippen LogP contribution is 2.38. The minimum absolute atomic E-state index is 0.149. The zero-order valence-corrected chi connectivity index (χ0v) is 13.8. The molecule has 0 aliphatic heterocycles. The number of aromatic nitrogens is 1. The zero-order chi connectivity index (χ0) is 15.8. The average molecular weight is 322 g/mol. The Morgan fingerprint density at radius 1 is 1.22 bits per heavy atom. The summed E-state index contributed by atoms with van der Waals surface area (Å²) in [6, 6.07) is 16.3. The normalized spacial score (nSPS) is 19.7. The summed E-state index contributed by atoms with van der Waals surface area (Å²) in [5.41, 5.74) is 3.15. The minimum Gasteiger partial charge on any atom is -0.326 e. The van der Waals surface area contributed by atoms with Crippen LogP contribution in [0, 0.1) is 11.8 Å². The van der Waals surface area contributed by atoms with Gasteiger partial charge in [0, 0.05) is 18.0 Å². The van der Waals surface area contributed by atoms with E-state index in [9.17, 15) is 4.79 Å². The first-order chi connectivity index (χ1) is 11.2. The van der Waals surface area contributed by atoms with Gasteiger partial charge in [-0.15, -0.1) is 11.3 Å². The number of carbonyl (C=O) groups is 1. The lowest BCUT2D eigenvalue weighted by Gasteiger charge is -2.05. The standard InChI is InChI=1S/C19H18N2OS/c1-12-10-15(12)19(22)20-14-8-6-13(7-9-14)11-18-21-16-4-2-3-5-17(16)23-18/h2-9,12,15H,10-11H2,1H3,(H,20,22). The molecule has 2 aromatic carbocycles. The maximum absolute atomic E-state index is 11.9. The highest BCUT2D eigenvalue weighted by molar-refractivity contribution is 7.18. The van der Waals surface area contributed by atoms with Gasteiger partial charge in [-0.3, -0.25) is 4.79 Å². The molecule has 3 aromatic rings. The second-order valence-electron chi connectivity index (χ2n) is 6.26. The van der Waals surface area contributed by atoms with E-state index in [4.69, 9.17) is 0 Å². The van der Waals surface area contributed by atoms with Crippen LogP contribution in [0.25, 0.3) is 10.2 Å². The number of nitrogens with zero attached hydrogens (tertiary/aromatic N) is 1. The Bertz CT molecular complexity index is 820. The fourth-order valence-corrected chi connectivity index (χ4v) is 3.80. The van der Waals surface area contributed by atoms with Crippen molar-refractivity contribution in [3.05, 3.63) is 59.1 Å². The molecule has 1 heterocycles. The number of thiazole rings is 1. The van der Waals surface area contributed by atoms with E-state index in [2.05, 4.69) is 35.4 Å². The SMILES string of the molecule is CC1CC1C(=O)Nc1ccc(Cc2nc3ccccc3s2)cc1. The summed E-state index contributed by atoms with van der Waals surface area (Å²) in [6.07, 6.45) is 1.84. The molecule has 116 valence electrons. The molecule has 1 N–H and O–H groups in total. The van der Waals surface area contributed by atoms with Gasteiger partial charge in [-0.1, -0.05) is 31.2 Å². The van der Waals surface area contributed by atoms with Crippen LogP contribution in [0.15, 0.2) is 48.5 Å². The van der Waals surface area contributed by atoms with Gasteiger partial charge in [0.25, 0.3) is 0 Å². The second-order valence-corrected chi connectivity index (χ2v) is 7.37. The molecule has 0 saturated heterocycles. The zero-order valence-electron chi connectivity index (χ0n) is 13.0. The molecule has 0 bridgehead atoms. The van der Waals surface area contributed by atoms with Gasteiger partial charge in [0.2, 0.25) is 5.91 Å². The van der Waals surface area contributed by atoms with Gasteiger partial charge in [-0.2, -0.15) is 0 Å². The maximum Gasteiger partial charge on any atom is 0.227 e. The second kappa shape index (κ2) is 5.78. The summed E-state index contributed by atoms with van der Waals surface area (Å²) in [5, 5.41) is 4.12. The van der Waals surface area contributed by atoms with E-state index >= 15 is 0 Å². The van der Waals surface area contributed by atoms with Gasteiger partial charge >= 0.3 is 0 Å². The van der Waals surface area contributed by atoms with Crippen molar-refractivity contribution in [1.82, 2.24) is 4.98 Å². The molecule has 1 fully saturated rings. The van der Waals surface area contributed by atoms with Crippen molar-refractivity contribution in [1.29, 1.82) is 0 Å². The molecule has 1 aliphatic rings. The topological polar surface area (TPSA) is 42.0 Å². The van der Waals surface area contributed by atoms with E-state index in [0.29, 0.717) is 5.92 Å². The number of para-hydroxylation sites is 1. The lowest BCUT2D eigenvalue weighted by atomic mass is 10.1. The summed E-state index contributed by atoms with van der Waals surface area (Å²) in [7, 11) is 0. The van der Waals surface area contributed by atoms with Crippen LogP contribution in [0.3, 0.4) is 0 Å². The van der Waals surface area contributed by atoms with Gasteiger partial charge in [-0.25, -0.2) is 4.98 Å². The van der Waals surface area contributed by atoms with Crippen molar-refractivity contribution in [3.8, 4) is 0 Å². The Labute approximate surface area is 139 Å². The third-order valence-corrected chi connectivity index (χ3v) is 5.40. The van der Waals surface area contributed by atoms with Gasteiger partial charge in [-0.05, 0) is 42.2 Å². The Hall–Kier alpha value is -2.20. The lowest BCUT2D eigenvalue weighted by molar-refractivity contribution is -0.117. The van der Waals surface area contributed by atoms with Crippen molar-refractivity contribution in [2.24, 2.45) is 11.8 Å². The van der Waals surface area contributed by atoms with Crippen LogP contribution < -0.4 is 5.32 Å². The molecule has 0 radical (unpaired) electrons. The van der Waals surface area contributed by atoms with Crippen molar-refractivity contribution in [3.63, 3.8) is 0 Å². The van der Waals surface area contributed by atoms with E-state index in [-0.39, 0.29) is 11.8 Å². The number of hydrogen-bond acceptors (Lipinski definition) is 3. The molecular formula is C19H18N2OS. The van der Waals surface area contributed by atoms with Gasteiger partial charge in [0.05, 0.1) is 15.2 Å². The number of hydrogen-bond donors (Lipinski definition) is 1. The van der Waals surface area contributed by atoms with Crippen LogP contribution in [0.2, 0.25) is 0 Å². The molecule has 1 aromatic heterocycles. The molecule has 4 heteroatoms. The van der Waals surface area contributed by atoms with Gasteiger partial charge in [0.1, 0.15) is 0 Å². The van der Waals surface area contributed by atoms with Crippen molar-refractivity contribution < 1.29 is 4.79 Å². The van der Waals surface area contributed by atoms with Crippen molar-refractivity contribution >= 4 is 33.1 Å². The van der Waals surface area contributed by atoms with Gasteiger partial charge < -0.3 is 5.32 Å². The maximum atomic E-state index is 11.9. The first-order valence-corrected chi connectivity index (χ1v) is 8.75. The monoisotopic (exact) mass is 322 g/mol. The molecule has 2 unspecified atom stereocenters. The summed E-state index contributed by atoms with van der Waals surface area (Å²) in [6.45, 7) is 2.12. The number of amides is 1. The van der Waals surface area contributed by atoms with Crippen LogP contribution in [-0.2, 0) is 11.2 Å². The van der Waals surface area contributed by atoms with Crippen molar-refractivity contribution in [2.75, 3.05) is 5.32 Å². The summed E-state index contributed by atoms with van der Waals surface area (Å²) >= 11 is 1.74. The van der Waals surface area contributed by atoms with E-state index in [1.165, 1.54) is 10.3 Å². The van der Waals surface area contributed by atoms with E-state index < -0.39 is 0 Å². The Kier molecular flexibility index (Phi) is 3.62. The predicted octanol–water partition coefficient (Wildman–Crippen LogP) is 4.48. The van der Waals surface area contributed by atoms with E-state index in [0.717, 1.165) is 29.1 Å².